The minimum Gasteiger partial charge on any atom is -0.492 e. The molecule has 0 aromatic heterocycles. The summed E-state index contributed by atoms with van der Waals surface area (Å²) in [5.41, 5.74) is 1.22. The smallest absolute Gasteiger partial charge is 0.247 e. The normalized spacial score (nSPS) is 11.5. The molecule has 0 spiro atoms. The molecule has 1 N–H and O–H groups in total. The lowest BCUT2D eigenvalue weighted by Gasteiger charge is -2.19. The Hall–Kier alpha value is -1.80. The number of anilines is 1. The van der Waals surface area contributed by atoms with Gasteiger partial charge in [-0.3, -0.25) is 4.79 Å². The van der Waals surface area contributed by atoms with Gasteiger partial charge in [-0.2, -0.15) is 4.31 Å². The van der Waals surface area contributed by atoms with E-state index in [1.165, 1.54) is 19.2 Å². The number of carbonyl (C=O) groups excluding carboxylic acids is 1. The SMILES string of the molecule is CCOc1ccc(Cl)cc1S(=O)(=O)N(C)CC(=O)Nc1cccc(Cl)c1C. The molecule has 2 rings (SSSR count). The van der Waals surface area contributed by atoms with Crippen LogP contribution in [0.2, 0.25) is 10.0 Å². The Balaban J connectivity index is 2.21. The molecule has 0 radical (unpaired) electrons. The van der Waals surface area contributed by atoms with Crippen molar-refractivity contribution < 1.29 is 17.9 Å². The van der Waals surface area contributed by atoms with Gasteiger partial charge in [-0.15, -0.1) is 0 Å². The predicted octanol–water partition coefficient (Wildman–Crippen LogP) is 3.96. The van der Waals surface area contributed by atoms with Gasteiger partial charge in [0, 0.05) is 22.8 Å². The van der Waals surface area contributed by atoms with Crippen molar-refractivity contribution in [2.45, 2.75) is 18.7 Å². The Morgan fingerprint density at radius 3 is 2.59 bits per heavy atom. The molecule has 2 aromatic rings. The summed E-state index contributed by atoms with van der Waals surface area (Å²) in [4.78, 5) is 12.2. The third kappa shape index (κ3) is 5.13. The van der Waals surface area contributed by atoms with Crippen LogP contribution in [0.15, 0.2) is 41.3 Å². The van der Waals surface area contributed by atoms with Crippen LogP contribution in [0.25, 0.3) is 0 Å². The van der Waals surface area contributed by atoms with Crippen molar-refractivity contribution in [1.29, 1.82) is 0 Å². The minimum atomic E-state index is -3.98. The van der Waals surface area contributed by atoms with Crippen LogP contribution in [-0.2, 0) is 14.8 Å². The van der Waals surface area contributed by atoms with Gasteiger partial charge in [-0.1, -0.05) is 29.3 Å². The average Bonchev–Trinajstić information content (AvgIpc) is 2.60. The fourth-order valence-corrected chi connectivity index (χ4v) is 4.04. The molecule has 0 saturated carbocycles. The lowest BCUT2D eigenvalue weighted by atomic mass is 10.2. The fraction of sp³-hybridized carbons (Fsp3) is 0.278. The van der Waals surface area contributed by atoms with Crippen molar-refractivity contribution in [3.63, 3.8) is 0 Å². The molecule has 0 aliphatic heterocycles. The summed E-state index contributed by atoms with van der Waals surface area (Å²) >= 11 is 12.0. The molecule has 0 saturated heterocycles. The van der Waals surface area contributed by atoms with E-state index in [1.807, 2.05) is 0 Å². The van der Waals surface area contributed by atoms with E-state index in [0.717, 1.165) is 4.31 Å². The van der Waals surface area contributed by atoms with Crippen molar-refractivity contribution >= 4 is 44.8 Å². The van der Waals surface area contributed by atoms with Gasteiger partial charge in [0.2, 0.25) is 15.9 Å². The monoisotopic (exact) mass is 430 g/mol. The maximum absolute atomic E-state index is 12.9. The molecular weight excluding hydrogens is 411 g/mol. The molecule has 1 amide bonds. The Bertz CT molecular complexity index is 948. The number of carbonyl (C=O) groups is 1. The molecule has 9 heteroatoms. The zero-order chi connectivity index (χ0) is 20.2. The largest absolute Gasteiger partial charge is 0.492 e. The molecule has 0 atom stereocenters. The highest BCUT2D eigenvalue weighted by Gasteiger charge is 2.27. The Morgan fingerprint density at radius 2 is 1.93 bits per heavy atom. The first-order valence-electron chi connectivity index (χ1n) is 8.10. The number of hydrogen-bond acceptors (Lipinski definition) is 4. The van der Waals surface area contributed by atoms with Gasteiger partial charge < -0.3 is 10.1 Å². The third-order valence-electron chi connectivity index (χ3n) is 3.80. The Labute approximate surface area is 169 Å². The van der Waals surface area contributed by atoms with E-state index < -0.39 is 15.9 Å². The maximum Gasteiger partial charge on any atom is 0.247 e. The highest BCUT2D eigenvalue weighted by Crippen LogP contribution is 2.29. The molecule has 0 unspecified atom stereocenters. The van der Waals surface area contributed by atoms with Crippen molar-refractivity contribution in [3.8, 4) is 5.75 Å². The molecule has 0 bridgehead atoms. The first kappa shape index (κ1) is 21.5. The standard InChI is InChI=1S/C18H20Cl2N2O4S/c1-4-26-16-9-8-13(19)10-17(16)27(24,25)22(3)11-18(23)21-15-7-5-6-14(20)12(15)2/h5-10H,4,11H2,1-3H3,(H,21,23). The summed E-state index contributed by atoms with van der Waals surface area (Å²) in [7, 11) is -2.67. The second kappa shape index (κ2) is 8.93. The van der Waals surface area contributed by atoms with Crippen LogP contribution in [0.5, 0.6) is 5.75 Å². The van der Waals surface area contributed by atoms with E-state index >= 15 is 0 Å². The molecular formula is C18H20Cl2N2O4S. The van der Waals surface area contributed by atoms with Crippen molar-refractivity contribution in [2.75, 3.05) is 25.5 Å². The number of halogens is 2. The number of nitrogens with one attached hydrogen (secondary N) is 1. The van der Waals surface area contributed by atoms with E-state index in [2.05, 4.69) is 5.32 Å². The van der Waals surface area contributed by atoms with E-state index in [4.69, 9.17) is 27.9 Å². The van der Waals surface area contributed by atoms with Crippen LogP contribution in [0, 0.1) is 6.92 Å². The van der Waals surface area contributed by atoms with Crippen molar-refractivity contribution in [2.24, 2.45) is 0 Å². The van der Waals surface area contributed by atoms with E-state index in [0.29, 0.717) is 22.9 Å². The molecule has 0 aliphatic carbocycles. The molecule has 0 heterocycles. The van der Waals surface area contributed by atoms with Gasteiger partial charge in [0.25, 0.3) is 0 Å². The lowest BCUT2D eigenvalue weighted by Crippen LogP contribution is -2.35. The first-order valence-corrected chi connectivity index (χ1v) is 10.3. The van der Waals surface area contributed by atoms with Crippen LogP contribution in [0.1, 0.15) is 12.5 Å². The highest BCUT2D eigenvalue weighted by molar-refractivity contribution is 7.89. The van der Waals surface area contributed by atoms with Gasteiger partial charge in [-0.05, 0) is 49.7 Å². The topological polar surface area (TPSA) is 75.7 Å². The molecule has 146 valence electrons. The van der Waals surface area contributed by atoms with Gasteiger partial charge in [0.15, 0.2) is 0 Å². The van der Waals surface area contributed by atoms with Gasteiger partial charge in [-0.25, -0.2) is 8.42 Å². The zero-order valence-corrected chi connectivity index (χ0v) is 17.5. The van der Waals surface area contributed by atoms with Crippen LogP contribution in [0.4, 0.5) is 5.69 Å². The first-order chi connectivity index (χ1) is 12.7. The number of amides is 1. The average molecular weight is 431 g/mol. The van der Waals surface area contributed by atoms with Gasteiger partial charge in [0.05, 0.1) is 13.2 Å². The number of rotatable bonds is 7. The van der Waals surface area contributed by atoms with Crippen LogP contribution < -0.4 is 10.1 Å². The number of benzene rings is 2. The number of nitrogens with zero attached hydrogens (tertiary/aromatic N) is 1. The third-order valence-corrected chi connectivity index (χ3v) is 6.27. The van der Waals surface area contributed by atoms with Crippen LogP contribution in [-0.4, -0.2) is 38.8 Å². The summed E-state index contributed by atoms with van der Waals surface area (Å²) in [5.74, 6) is -0.314. The molecule has 0 aliphatic rings. The van der Waals surface area contributed by atoms with Crippen LogP contribution >= 0.6 is 23.2 Å². The minimum absolute atomic E-state index is 0.0916. The summed E-state index contributed by atoms with van der Waals surface area (Å²) in [6, 6.07) is 9.43. The number of sulfonamides is 1. The lowest BCUT2D eigenvalue weighted by molar-refractivity contribution is -0.116. The summed E-state index contributed by atoms with van der Waals surface area (Å²) in [5, 5.41) is 3.43. The molecule has 0 fully saturated rings. The van der Waals surface area contributed by atoms with Crippen molar-refractivity contribution in [3.05, 3.63) is 52.0 Å². The summed E-state index contributed by atoms with van der Waals surface area (Å²) < 4.78 is 32.1. The summed E-state index contributed by atoms with van der Waals surface area (Å²) in [6.45, 7) is 3.42. The zero-order valence-electron chi connectivity index (χ0n) is 15.1. The quantitative estimate of drug-likeness (QED) is 0.720. The van der Waals surface area contributed by atoms with Gasteiger partial charge in [0.1, 0.15) is 10.6 Å². The second-order valence-electron chi connectivity index (χ2n) is 5.75. The number of ether oxygens (including phenoxy) is 1. The molecule has 2 aromatic carbocycles. The Kier molecular flexibility index (Phi) is 7.11. The van der Waals surface area contributed by atoms with E-state index in [9.17, 15) is 13.2 Å². The van der Waals surface area contributed by atoms with E-state index in [1.54, 1.807) is 38.1 Å². The Morgan fingerprint density at radius 1 is 1.22 bits per heavy atom. The predicted molar refractivity (Wildman–Crippen MR) is 107 cm³/mol. The molecule has 6 nitrogen and oxygen atoms in total. The second-order valence-corrected chi connectivity index (χ2v) is 8.60. The fourth-order valence-electron chi connectivity index (χ4n) is 2.35. The number of likely N-dealkylation sites (N-methyl/N-ethyl adjacent to an activating group) is 1. The van der Waals surface area contributed by atoms with Gasteiger partial charge >= 0.3 is 0 Å². The maximum atomic E-state index is 12.9. The summed E-state index contributed by atoms with van der Waals surface area (Å²) in [6.07, 6.45) is 0. The van der Waals surface area contributed by atoms with E-state index in [-0.39, 0.29) is 22.2 Å². The van der Waals surface area contributed by atoms with Crippen LogP contribution in [0.3, 0.4) is 0 Å². The van der Waals surface area contributed by atoms with Crippen molar-refractivity contribution in [1.82, 2.24) is 4.31 Å². The number of hydrogen-bond donors (Lipinski definition) is 1. The highest BCUT2D eigenvalue weighted by atomic mass is 35.5. The molecule has 27 heavy (non-hydrogen) atoms.